The number of nitrogens with one attached hydrogen (secondary N) is 1. The first-order valence-corrected chi connectivity index (χ1v) is 12.3. The lowest BCUT2D eigenvalue weighted by Gasteiger charge is -2.17. The van der Waals surface area contributed by atoms with Gasteiger partial charge in [0, 0.05) is 5.56 Å². The standard InChI is InChI=1S/C26H18ClN3O3S2/c1-15-10-12-16(13-11-15)14-29-20-9-5-3-7-18(20)21(24(29)32)22-25(33)30(26(34)35-22)28-23(31)17-6-2-4-8-19(17)27/h2-13H,14H2,1H3,(H,28,31). The van der Waals surface area contributed by atoms with Crippen molar-refractivity contribution in [2.45, 2.75) is 13.5 Å². The van der Waals surface area contributed by atoms with Crippen LogP contribution in [-0.4, -0.2) is 27.1 Å². The van der Waals surface area contributed by atoms with Gasteiger partial charge in [-0.2, -0.15) is 5.01 Å². The molecule has 0 saturated carbocycles. The van der Waals surface area contributed by atoms with Crippen LogP contribution >= 0.6 is 35.6 Å². The SMILES string of the molecule is Cc1ccc(CN2C(=O)C(=C3SC(=S)N(NC(=O)c4ccccc4Cl)C3=O)c3ccccc32)cc1. The van der Waals surface area contributed by atoms with Crippen LogP contribution in [0.5, 0.6) is 0 Å². The molecule has 2 aliphatic heterocycles. The lowest BCUT2D eigenvalue weighted by atomic mass is 10.1. The molecule has 1 saturated heterocycles. The monoisotopic (exact) mass is 519 g/mol. The number of carbonyl (C=O) groups excluding carboxylic acids is 3. The Morgan fingerprint density at radius 2 is 1.66 bits per heavy atom. The summed E-state index contributed by atoms with van der Waals surface area (Å²) in [5.41, 5.74) is 6.49. The van der Waals surface area contributed by atoms with Crippen molar-refractivity contribution in [2.75, 3.05) is 4.90 Å². The number of para-hydroxylation sites is 1. The minimum absolute atomic E-state index is 0.125. The molecule has 0 bridgehead atoms. The van der Waals surface area contributed by atoms with Crippen molar-refractivity contribution >= 4 is 68.9 Å². The van der Waals surface area contributed by atoms with Crippen molar-refractivity contribution in [2.24, 2.45) is 0 Å². The van der Waals surface area contributed by atoms with Crippen LogP contribution in [-0.2, 0) is 16.1 Å². The fourth-order valence-corrected chi connectivity index (χ4v) is 5.43. The molecule has 0 radical (unpaired) electrons. The van der Waals surface area contributed by atoms with Crippen LogP contribution < -0.4 is 10.3 Å². The molecule has 1 N–H and O–H groups in total. The number of hydrazine groups is 1. The highest BCUT2D eigenvalue weighted by molar-refractivity contribution is 8.26. The zero-order valence-electron chi connectivity index (χ0n) is 18.4. The van der Waals surface area contributed by atoms with Gasteiger partial charge in [0.05, 0.1) is 33.3 Å². The van der Waals surface area contributed by atoms with Gasteiger partial charge in [-0.25, -0.2) is 0 Å². The van der Waals surface area contributed by atoms with Crippen molar-refractivity contribution < 1.29 is 14.4 Å². The van der Waals surface area contributed by atoms with Crippen LogP contribution in [0, 0.1) is 6.92 Å². The van der Waals surface area contributed by atoms with Crippen LogP contribution in [0.4, 0.5) is 5.69 Å². The number of halogens is 1. The number of thioether (sulfide) groups is 1. The van der Waals surface area contributed by atoms with Crippen molar-refractivity contribution in [3.8, 4) is 0 Å². The number of hydrogen-bond donors (Lipinski definition) is 1. The number of carbonyl (C=O) groups is 3. The Bertz CT molecular complexity index is 1440. The van der Waals surface area contributed by atoms with E-state index >= 15 is 0 Å². The molecule has 0 atom stereocenters. The summed E-state index contributed by atoms with van der Waals surface area (Å²) in [6.45, 7) is 2.37. The normalized spacial score (nSPS) is 17.3. The van der Waals surface area contributed by atoms with Crippen molar-refractivity contribution in [1.29, 1.82) is 0 Å². The number of nitrogens with zero attached hydrogens (tertiary/aromatic N) is 2. The molecule has 1 fully saturated rings. The fraction of sp³-hybridized carbons (Fsp3) is 0.0769. The van der Waals surface area contributed by atoms with Gasteiger partial charge < -0.3 is 4.90 Å². The number of benzene rings is 3. The molecule has 6 nitrogen and oxygen atoms in total. The van der Waals surface area contributed by atoms with E-state index in [1.165, 1.54) is 0 Å². The highest BCUT2D eigenvalue weighted by atomic mass is 35.5. The Morgan fingerprint density at radius 1 is 0.971 bits per heavy atom. The lowest BCUT2D eigenvalue weighted by Crippen LogP contribution is -2.45. The van der Waals surface area contributed by atoms with Gasteiger partial charge in [0.25, 0.3) is 17.7 Å². The van der Waals surface area contributed by atoms with Gasteiger partial charge in [-0.1, -0.05) is 83.5 Å². The van der Waals surface area contributed by atoms with Crippen molar-refractivity contribution in [3.63, 3.8) is 0 Å². The third-order valence-electron chi connectivity index (χ3n) is 5.71. The maximum absolute atomic E-state index is 13.6. The second-order valence-electron chi connectivity index (χ2n) is 8.03. The Labute approximate surface area is 216 Å². The van der Waals surface area contributed by atoms with E-state index in [0.717, 1.165) is 33.6 Å². The largest absolute Gasteiger partial charge is 0.303 e. The van der Waals surface area contributed by atoms with Crippen molar-refractivity contribution in [3.05, 3.63) is 105 Å². The Hall–Kier alpha value is -3.46. The Balaban J connectivity index is 1.48. The number of anilines is 1. The summed E-state index contributed by atoms with van der Waals surface area (Å²) in [6, 6.07) is 21.8. The fourth-order valence-electron chi connectivity index (χ4n) is 3.96. The van der Waals surface area contributed by atoms with E-state index in [4.69, 9.17) is 23.8 Å². The number of fused-ring (bicyclic) bond motifs is 1. The highest BCUT2D eigenvalue weighted by Gasteiger charge is 2.42. The number of amides is 3. The van der Waals surface area contributed by atoms with E-state index in [2.05, 4.69) is 5.43 Å². The first-order chi connectivity index (χ1) is 16.8. The smallest absolute Gasteiger partial charge is 0.286 e. The molecule has 0 spiro atoms. The summed E-state index contributed by atoms with van der Waals surface area (Å²) in [7, 11) is 0. The van der Waals surface area contributed by atoms with Gasteiger partial charge in [0.2, 0.25) is 0 Å². The molecule has 0 aliphatic carbocycles. The quantitative estimate of drug-likeness (QED) is 0.383. The second kappa shape index (κ2) is 9.30. The molecule has 3 aromatic carbocycles. The first kappa shape index (κ1) is 23.3. The molecule has 0 unspecified atom stereocenters. The molecule has 0 aromatic heterocycles. The zero-order valence-corrected chi connectivity index (χ0v) is 20.8. The van der Waals surface area contributed by atoms with E-state index in [1.807, 2.05) is 55.5 Å². The van der Waals surface area contributed by atoms with Gasteiger partial charge in [-0.05, 0) is 42.9 Å². The van der Waals surface area contributed by atoms with E-state index in [1.54, 1.807) is 29.2 Å². The third kappa shape index (κ3) is 4.25. The maximum Gasteiger partial charge on any atom is 0.286 e. The zero-order chi connectivity index (χ0) is 24.7. The maximum atomic E-state index is 13.6. The molecule has 3 amide bonds. The van der Waals surface area contributed by atoms with Crippen LogP contribution in [0.3, 0.4) is 0 Å². The average molecular weight is 520 g/mol. The summed E-state index contributed by atoms with van der Waals surface area (Å²) >= 11 is 12.5. The van der Waals surface area contributed by atoms with Gasteiger partial charge in [0.1, 0.15) is 0 Å². The minimum Gasteiger partial charge on any atom is -0.303 e. The van der Waals surface area contributed by atoms with E-state index in [0.29, 0.717) is 12.1 Å². The van der Waals surface area contributed by atoms with Crippen LogP contribution in [0.15, 0.2) is 77.7 Å². The number of hydrogen-bond acceptors (Lipinski definition) is 5. The summed E-state index contributed by atoms with van der Waals surface area (Å²) in [4.78, 5) is 41.5. The topological polar surface area (TPSA) is 69.7 Å². The minimum atomic E-state index is -0.572. The molecule has 9 heteroatoms. The van der Waals surface area contributed by atoms with E-state index in [-0.39, 0.29) is 31.3 Å². The number of rotatable bonds is 4. The van der Waals surface area contributed by atoms with E-state index < -0.39 is 11.8 Å². The molecule has 5 rings (SSSR count). The summed E-state index contributed by atoms with van der Waals surface area (Å²) in [6.07, 6.45) is 0. The predicted molar refractivity (Wildman–Crippen MR) is 142 cm³/mol. The molecule has 3 aromatic rings. The first-order valence-electron chi connectivity index (χ1n) is 10.7. The summed E-state index contributed by atoms with van der Waals surface area (Å²) in [5.74, 6) is -1.42. The van der Waals surface area contributed by atoms with Gasteiger partial charge in [-0.3, -0.25) is 19.8 Å². The Kier molecular flexibility index (Phi) is 6.19. The third-order valence-corrected chi connectivity index (χ3v) is 7.41. The molecular formula is C26H18ClN3O3S2. The number of thiocarbonyl (C=S) groups is 1. The molecular weight excluding hydrogens is 502 g/mol. The van der Waals surface area contributed by atoms with Gasteiger partial charge in [0.15, 0.2) is 4.32 Å². The highest BCUT2D eigenvalue weighted by Crippen LogP contribution is 2.44. The number of aryl methyl sites for hydroxylation is 1. The molecule has 35 heavy (non-hydrogen) atoms. The van der Waals surface area contributed by atoms with Crippen LogP contribution in [0.25, 0.3) is 5.57 Å². The predicted octanol–water partition coefficient (Wildman–Crippen LogP) is 5.11. The molecule has 2 aliphatic rings. The van der Waals surface area contributed by atoms with E-state index in [9.17, 15) is 14.4 Å². The summed E-state index contributed by atoms with van der Waals surface area (Å²) in [5, 5.41) is 1.24. The van der Waals surface area contributed by atoms with Gasteiger partial charge >= 0.3 is 0 Å². The van der Waals surface area contributed by atoms with Crippen LogP contribution in [0.1, 0.15) is 27.0 Å². The van der Waals surface area contributed by atoms with Crippen molar-refractivity contribution in [1.82, 2.24) is 10.4 Å². The lowest BCUT2D eigenvalue weighted by molar-refractivity contribution is -0.124. The summed E-state index contributed by atoms with van der Waals surface area (Å²) < 4.78 is 0.125. The molecule has 174 valence electrons. The Morgan fingerprint density at radius 3 is 2.40 bits per heavy atom. The average Bonchev–Trinajstić information content (AvgIpc) is 3.28. The molecule has 2 heterocycles. The van der Waals surface area contributed by atoms with Gasteiger partial charge in [-0.15, -0.1) is 0 Å². The second-order valence-corrected chi connectivity index (χ2v) is 10.1. The van der Waals surface area contributed by atoms with Crippen LogP contribution in [0.2, 0.25) is 5.02 Å².